The van der Waals surface area contributed by atoms with Crippen LogP contribution in [-0.2, 0) is 20.8 Å². The molecule has 8 nitrogen and oxygen atoms in total. The van der Waals surface area contributed by atoms with Crippen LogP contribution in [0.4, 0.5) is 11.4 Å². The lowest BCUT2D eigenvalue weighted by atomic mass is 9.70. The maximum Gasteiger partial charge on any atom is 0.248 e. The average molecular weight is 551 g/mol. The molecule has 3 aliphatic rings. The molecule has 9 heteroatoms. The number of carbonyl (C=O) groups is 3. The van der Waals surface area contributed by atoms with Crippen molar-refractivity contribution in [2.75, 3.05) is 37.0 Å². The van der Waals surface area contributed by atoms with Crippen LogP contribution in [0.25, 0.3) is 0 Å². The number of likely N-dealkylation sites (tertiary alicyclic amines) is 1. The first-order valence-electron chi connectivity index (χ1n) is 13.9. The summed E-state index contributed by atoms with van der Waals surface area (Å²) in [6.07, 6.45) is 1.89. The minimum atomic E-state index is -0.789. The van der Waals surface area contributed by atoms with E-state index in [4.69, 9.17) is 0 Å². The number of nitrogens with zero attached hydrogens (tertiary/aromatic N) is 2. The van der Waals surface area contributed by atoms with Gasteiger partial charge in [0.25, 0.3) is 0 Å². The molecule has 1 spiro atoms. The standard InChI is InChI=1S/C30H38N4O4S/c1-4-33(5-2)21-13-11-20(12-14-21)32-28(37)26-30-16-15-23(39-30)24(27(36)31-3)25(30)29(38)34(26)22(18-35)17-19-9-7-6-8-10-19/h6-14,22-26,35H,4-5,15-18H2,1-3H3,(H,31,36)(H,32,37)/t22-,23+,24-,25+,26?,30?/m1/s1. The van der Waals surface area contributed by atoms with Gasteiger partial charge in [0.2, 0.25) is 17.7 Å². The first-order valence-corrected chi connectivity index (χ1v) is 14.8. The third kappa shape index (κ3) is 4.69. The number of fused-ring (bicyclic) bond motifs is 1. The quantitative estimate of drug-likeness (QED) is 0.421. The zero-order valence-electron chi connectivity index (χ0n) is 22.8. The van der Waals surface area contributed by atoms with Crippen LogP contribution in [0.2, 0.25) is 0 Å². The van der Waals surface area contributed by atoms with Gasteiger partial charge in [-0.2, -0.15) is 0 Å². The predicted octanol–water partition coefficient (Wildman–Crippen LogP) is 2.91. The lowest BCUT2D eigenvalue weighted by Crippen LogP contribution is -2.55. The first kappa shape index (κ1) is 27.5. The molecule has 39 heavy (non-hydrogen) atoms. The largest absolute Gasteiger partial charge is 0.394 e. The minimum absolute atomic E-state index is 0.00593. The number of carbonyl (C=O) groups excluding carboxylic acids is 3. The summed E-state index contributed by atoms with van der Waals surface area (Å²) in [6, 6.07) is 16.1. The molecule has 2 aromatic rings. The van der Waals surface area contributed by atoms with E-state index in [9.17, 15) is 19.5 Å². The zero-order valence-corrected chi connectivity index (χ0v) is 23.6. The van der Waals surface area contributed by atoms with Crippen molar-refractivity contribution in [1.82, 2.24) is 10.2 Å². The highest BCUT2D eigenvalue weighted by Gasteiger charge is 2.74. The van der Waals surface area contributed by atoms with Gasteiger partial charge in [0.05, 0.1) is 29.2 Å². The number of aliphatic hydroxyl groups excluding tert-OH is 1. The van der Waals surface area contributed by atoms with Gasteiger partial charge in [-0.15, -0.1) is 11.8 Å². The highest BCUT2D eigenvalue weighted by molar-refractivity contribution is 8.02. The summed E-state index contributed by atoms with van der Waals surface area (Å²) in [5, 5.41) is 16.4. The highest BCUT2D eigenvalue weighted by Crippen LogP contribution is 2.66. The molecule has 3 fully saturated rings. The summed E-state index contributed by atoms with van der Waals surface area (Å²) in [7, 11) is 1.60. The second-order valence-electron chi connectivity index (χ2n) is 10.7. The Labute approximate surface area is 234 Å². The van der Waals surface area contributed by atoms with Crippen molar-refractivity contribution in [2.45, 2.75) is 55.2 Å². The van der Waals surface area contributed by atoms with Gasteiger partial charge in [-0.1, -0.05) is 30.3 Å². The van der Waals surface area contributed by atoms with Crippen molar-refractivity contribution in [1.29, 1.82) is 0 Å². The molecule has 5 rings (SSSR count). The number of hydrogen-bond acceptors (Lipinski definition) is 6. The maximum absolute atomic E-state index is 14.2. The Balaban J connectivity index is 1.49. The van der Waals surface area contributed by atoms with Crippen molar-refractivity contribution >= 4 is 40.9 Å². The number of anilines is 2. The Morgan fingerprint density at radius 3 is 2.41 bits per heavy atom. The molecule has 3 aliphatic heterocycles. The van der Waals surface area contributed by atoms with Crippen molar-refractivity contribution in [2.24, 2.45) is 11.8 Å². The molecular formula is C30H38N4O4S. The molecule has 3 heterocycles. The molecule has 0 aromatic heterocycles. The molecule has 2 unspecified atom stereocenters. The fourth-order valence-electron chi connectivity index (χ4n) is 6.94. The smallest absolute Gasteiger partial charge is 0.248 e. The van der Waals surface area contributed by atoms with Crippen LogP contribution in [0.1, 0.15) is 32.3 Å². The van der Waals surface area contributed by atoms with Gasteiger partial charge < -0.3 is 25.5 Å². The summed E-state index contributed by atoms with van der Waals surface area (Å²) in [6.45, 7) is 5.71. The van der Waals surface area contributed by atoms with Gasteiger partial charge >= 0.3 is 0 Å². The topological polar surface area (TPSA) is 102 Å². The number of benzene rings is 2. The van der Waals surface area contributed by atoms with Crippen LogP contribution >= 0.6 is 11.8 Å². The molecule has 0 saturated carbocycles. The Hall–Kier alpha value is -3.04. The fourth-order valence-corrected chi connectivity index (χ4v) is 9.15. The van der Waals surface area contributed by atoms with Gasteiger partial charge in [0.15, 0.2) is 0 Å². The number of amides is 3. The number of rotatable bonds is 10. The molecule has 3 saturated heterocycles. The van der Waals surface area contributed by atoms with Crippen LogP contribution in [0.3, 0.4) is 0 Å². The third-order valence-electron chi connectivity index (χ3n) is 8.72. The molecular weight excluding hydrogens is 512 g/mol. The second-order valence-corrected chi connectivity index (χ2v) is 12.3. The number of thioether (sulfide) groups is 1. The summed E-state index contributed by atoms with van der Waals surface area (Å²) >= 11 is 1.63. The SMILES string of the molecule is CCN(CC)c1ccc(NC(=O)C2N([C@@H](CO)Cc3ccccc3)C(=O)[C@@H]3[C@H](C(=O)NC)[C@@H]4CCC23S4)cc1. The van der Waals surface area contributed by atoms with Crippen LogP contribution in [0, 0.1) is 11.8 Å². The predicted molar refractivity (Wildman–Crippen MR) is 155 cm³/mol. The van der Waals surface area contributed by atoms with Crippen molar-refractivity contribution in [3.63, 3.8) is 0 Å². The molecule has 2 bridgehead atoms. The number of aliphatic hydroxyl groups is 1. The molecule has 0 aliphatic carbocycles. The molecule has 3 amide bonds. The van der Waals surface area contributed by atoms with E-state index >= 15 is 0 Å². The summed E-state index contributed by atoms with van der Waals surface area (Å²) in [4.78, 5) is 45.1. The second kappa shape index (κ2) is 11.2. The minimum Gasteiger partial charge on any atom is -0.394 e. The summed E-state index contributed by atoms with van der Waals surface area (Å²) in [5.41, 5.74) is 2.72. The van der Waals surface area contributed by atoms with E-state index in [1.54, 1.807) is 23.7 Å². The lowest BCUT2D eigenvalue weighted by molar-refractivity contribution is -0.141. The van der Waals surface area contributed by atoms with E-state index in [0.29, 0.717) is 18.5 Å². The van der Waals surface area contributed by atoms with E-state index in [1.807, 2.05) is 54.6 Å². The molecule has 2 aromatic carbocycles. The van der Waals surface area contributed by atoms with E-state index in [-0.39, 0.29) is 29.6 Å². The summed E-state index contributed by atoms with van der Waals surface area (Å²) in [5.74, 6) is -1.69. The van der Waals surface area contributed by atoms with E-state index < -0.39 is 28.7 Å². The van der Waals surface area contributed by atoms with Crippen LogP contribution in [-0.4, -0.2) is 76.6 Å². The van der Waals surface area contributed by atoms with Crippen molar-refractivity contribution in [3.8, 4) is 0 Å². The van der Waals surface area contributed by atoms with E-state index in [0.717, 1.165) is 30.8 Å². The van der Waals surface area contributed by atoms with Crippen LogP contribution in [0.5, 0.6) is 0 Å². The van der Waals surface area contributed by atoms with Crippen molar-refractivity contribution < 1.29 is 19.5 Å². The molecule has 208 valence electrons. The van der Waals surface area contributed by atoms with Crippen molar-refractivity contribution in [3.05, 3.63) is 60.2 Å². The summed E-state index contributed by atoms with van der Waals surface area (Å²) < 4.78 is -0.700. The van der Waals surface area contributed by atoms with Gasteiger partial charge in [-0.3, -0.25) is 14.4 Å². The average Bonchev–Trinajstić information content (AvgIpc) is 3.60. The highest BCUT2D eigenvalue weighted by atomic mass is 32.2. The Kier molecular flexibility index (Phi) is 7.91. The normalized spacial score (nSPS) is 27.8. The monoisotopic (exact) mass is 550 g/mol. The maximum atomic E-state index is 14.2. The van der Waals surface area contributed by atoms with Gasteiger partial charge in [-0.05, 0) is 62.9 Å². The van der Waals surface area contributed by atoms with E-state index in [1.165, 1.54) is 0 Å². The Morgan fingerprint density at radius 2 is 1.79 bits per heavy atom. The van der Waals surface area contributed by atoms with Gasteiger partial charge in [0, 0.05) is 36.8 Å². The zero-order chi connectivity index (χ0) is 27.7. The molecule has 6 atom stereocenters. The van der Waals surface area contributed by atoms with Crippen LogP contribution in [0.15, 0.2) is 54.6 Å². The van der Waals surface area contributed by atoms with Gasteiger partial charge in [-0.25, -0.2) is 0 Å². The van der Waals surface area contributed by atoms with Crippen LogP contribution < -0.4 is 15.5 Å². The third-order valence-corrected chi connectivity index (χ3v) is 10.7. The Bertz CT molecular complexity index is 1210. The molecule has 3 N–H and O–H groups in total. The number of nitrogens with one attached hydrogen (secondary N) is 2. The molecule has 0 radical (unpaired) electrons. The number of hydrogen-bond donors (Lipinski definition) is 3. The lowest BCUT2D eigenvalue weighted by Gasteiger charge is -2.37. The van der Waals surface area contributed by atoms with E-state index in [2.05, 4.69) is 29.4 Å². The first-order chi connectivity index (χ1) is 18.9. The van der Waals surface area contributed by atoms with Gasteiger partial charge in [0.1, 0.15) is 6.04 Å². The Morgan fingerprint density at radius 1 is 1.10 bits per heavy atom. The fraction of sp³-hybridized carbons (Fsp3) is 0.500.